The number of amides is 1. The minimum atomic E-state index is -0.119. The average molecular weight is 283 g/mol. The van der Waals surface area contributed by atoms with Gasteiger partial charge in [-0.25, -0.2) is 0 Å². The van der Waals surface area contributed by atoms with Crippen LogP contribution in [0.3, 0.4) is 0 Å². The van der Waals surface area contributed by atoms with Crippen LogP contribution in [0.4, 0.5) is 0 Å². The fourth-order valence-corrected chi connectivity index (χ4v) is 2.67. The zero-order valence-corrected chi connectivity index (χ0v) is 12.0. The van der Waals surface area contributed by atoms with E-state index in [-0.39, 0.29) is 18.1 Å². The number of hydrogen-bond acceptors (Lipinski definition) is 3. The number of halogens is 1. The lowest BCUT2D eigenvalue weighted by atomic mass is 10.1. The molecule has 2 atom stereocenters. The molecule has 1 aliphatic heterocycles. The highest BCUT2D eigenvalue weighted by molar-refractivity contribution is 6.30. The molecule has 1 saturated heterocycles. The van der Waals surface area contributed by atoms with Crippen molar-refractivity contribution < 1.29 is 9.53 Å². The quantitative estimate of drug-likeness (QED) is 0.900. The van der Waals surface area contributed by atoms with Crippen LogP contribution in [0.2, 0.25) is 5.02 Å². The monoisotopic (exact) mass is 282 g/mol. The zero-order chi connectivity index (χ0) is 13.8. The van der Waals surface area contributed by atoms with Crippen molar-refractivity contribution in [1.29, 1.82) is 0 Å². The van der Waals surface area contributed by atoms with Gasteiger partial charge in [-0.3, -0.25) is 10.1 Å². The number of ether oxygens (including phenoxy) is 1. The van der Waals surface area contributed by atoms with Crippen molar-refractivity contribution in [2.45, 2.75) is 25.6 Å². The molecule has 104 valence electrons. The highest BCUT2D eigenvalue weighted by atomic mass is 35.5. The van der Waals surface area contributed by atoms with E-state index in [0.29, 0.717) is 18.2 Å². The Bertz CT molecular complexity index is 453. The Morgan fingerprint density at radius 2 is 2.37 bits per heavy atom. The lowest BCUT2D eigenvalue weighted by Crippen LogP contribution is -2.41. The first-order valence-electron chi connectivity index (χ1n) is 6.46. The van der Waals surface area contributed by atoms with E-state index in [0.717, 1.165) is 12.0 Å². The van der Waals surface area contributed by atoms with E-state index in [9.17, 15) is 4.79 Å². The smallest absolute Gasteiger partial charge is 0.238 e. The Morgan fingerprint density at radius 1 is 1.58 bits per heavy atom. The van der Waals surface area contributed by atoms with Crippen LogP contribution in [0.5, 0.6) is 0 Å². The zero-order valence-electron chi connectivity index (χ0n) is 11.2. The second-order valence-corrected chi connectivity index (χ2v) is 5.09. The van der Waals surface area contributed by atoms with Crippen LogP contribution in [0.15, 0.2) is 24.3 Å². The predicted octanol–water partition coefficient (Wildman–Crippen LogP) is 2.20. The number of carbonyl (C=O) groups is 1. The second-order valence-electron chi connectivity index (χ2n) is 4.66. The lowest BCUT2D eigenvalue weighted by molar-refractivity contribution is -0.131. The van der Waals surface area contributed by atoms with Crippen molar-refractivity contribution in [2.75, 3.05) is 20.3 Å². The van der Waals surface area contributed by atoms with Crippen molar-refractivity contribution >= 4 is 17.5 Å². The summed E-state index contributed by atoms with van der Waals surface area (Å²) in [6.07, 6.45) is 0.740. The van der Waals surface area contributed by atoms with Gasteiger partial charge in [0.05, 0.1) is 19.2 Å². The predicted molar refractivity (Wildman–Crippen MR) is 75.0 cm³/mol. The normalized spacial score (nSPS) is 20.9. The number of carbonyl (C=O) groups excluding carboxylic acids is 1. The molecule has 1 aliphatic rings. The molecular weight excluding hydrogens is 264 g/mol. The maximum atomic E-state index is 12.1. The third-order valence-corrected chi connectivity index (χ3v) is 3.64. The molecule has 1 heterocycles. The van der Waals surface area contributed by atoms with Crippen LogP contribution < -0.4 is 5.32 Å². The van der Waals surface area contributed by atoms with Crippen LogP contribution in [0.25, 0.3) is 0 Å². The van der Waals surface area contributed by atoms with Crippen molar-refractivity contribution in [2.24, 2.45) is 0 Å². The number of nitrogens with one attached hydrogen (secondary N) is 1. The molecule has 1 amide bonds. The van der Waals surface area contributed by atoms with Crippen LogP contribution in [0, 0.1) is 0 Å². The summed E-state index contributed by atoms with van der Waals surface area (Å²) in [5, 5.41) is 3.91. The summed E-state index contributed by atoms with van der Waals surface area (Å²) < 4.78 is 5.22. The number of methoxy groups -OCH3 is 1. The third-order valence-electron chi connectivity index (χ3n) is 3.40. The average Bonchev–Trinajstić information content (AvgIpc) is 2.78. The number of hydrogen-bond donors (Lipinski definition) is 1. The standard InChI is InChI=1S/C14H19ClN2O2/c1-3-12(9-19-2)17-13(18)8-16-14(17)10-5-4-6-11(15)7-10/h4-7,12,14,16H,3,8-9H2,1-2H3. The molecule has 4 nitrogen and oxygen atoms in total. The fourth-order valence-electron chi connectivity index (χ4n) is 2.47. The number of rotatable bonds is 5. The lowest BCUT2D eigenvalue weighted by Gasteiger charge is -2.32. The molecule has 1 aromatic carbocycles. The van der Waals surface area contributed by atoms with Crippen molar-refractivity contribution in [3.63, 3.8) is 0 Å². The van der Waals surface area contributed by atoms with E-state index in [4.69, 9.17) is 16.3 Å². The first-order valence-corrected chi connectivity index (χ1v) is 6.84. The van der Waals surface area contributed by atoms with Crippen molar-refractivity contribution in [1.82, 2.24) is 10.2 Å². The van der Waals surface area contributed by atoms with Crippen molar-refractivity contribution in [3.8, 4) is 0 Å². The van der Waals surface area contributed by atoms with Crippen LogP contribution in [0.1, 0.15) is 25.1 Å². The van der Waals surface area contributed by atoms with Crippen LogP contribution in [-0.4, -0.2) is 37.1 Å². The Hall–Kier alpha value is -1.10. The maximum Gasteiger partial charge on any atom is 0.238 e. The van der Waals surface area contributed by atoms with Gasteiger partial charge in [0.25, 0.3) is 0 Å². The first-order chi connectivity index (χ1) is 9.17. The van der Waals surface area contributed by atoms with Gasteiger partial charge in [-0.1, -0.05) is 30.7 Å². The van der Waals surface area contributed by atoms with Gasteiger partial charge in [-0.05, 0) is 24.1 Å². The Kier molecular flexibility index (Phi) is 4.80. The molecule has 0 saturated carbocycles. The number of benzene rings is 1. The van der Waals surface area contributed by atoms with Gasteiger partial charge in [0.15, 0.2) is 0 Å². The van der Waals surface area contributed by atoms with Gasteiger partial charge >= 0.3 is 0 Å². The van der Waals surface area contributed by atoms with E-state index in [1.807, 2.05) is 29.2 Å². The molecule has 5 heteroatoms. The van der Waals surface area contributed by atoms with Crippen LogP contribution in [-0.2, 0) is 9.53 Å². The summed E-state index contributed by atoms with van der Waals surface area (Å²) in [6.45, 7) is 2.96. The molecule has 19 heavy (non-hydrogen) atoms. The molecule has 2 unspecified atom stereocenters. The summed E-state index contributed by atoms with van der Waals surface area (Å²) in [7, 11) is 1.66. The van der Waals surface area contributed by atoms with Gasteiger partial charge in [0, 0.05) is 12.1 Å². The fraction of sp³-hybridized carbons (Fsp3) is 0.500. The Morgan fingerprint density at radius 3 is 3.00 bits per heavy atom. The minimum Gasteiger partial charge on any atom is -0.383 e. The highest BCUT2D eigenvalue weighted by Gasteiger charge is 2.36. The molecule has 0 bridgehead atoms. The summed E-state index contributed by atoms with van der Waals surface area (Å²) in [4.78, 5) is 14.0. The molecule has 1 aromatic rings. The summed E-state index contributed by atoms with van der Waals surface area (Å²) >= 11 is 6.03. The minimum absolute atomic E-state index is 0.0801. The molecule has 1 N–H and O–H groups in total. The molecule has 0 spiro atoms. The molecular formula is C14H19ClN2O2. The van der Waals surface area contributed by atoms with E-state index >= 15 is 0 Å². The van der Waals surface area contributed by atoms with E-state index < -0.39 is 0 Å². The van der Waals surface area contributed by atoms with E-state index in [1.54, 1.807) is 7.11 Å². The van der Waals surface area contributed by atoms with Gasteiger partial charge in [-0.15, -0.1) is 0 Å². The molecule has 1 fully saturated rings. The molecule has 2 rings (SSSR count). The largest absolute Gasteiger partial charge is 0.383 e. The van der Waals surface area contributed by atoms with E-state index in [1.165, 1.54) is 0 Å². The molecule has 0 radical (unpaired) electrons. The number of nitrogens with zero attached hydrogens (tertiary/aromatic N) is 1. The van der Waals surface area contributed by atoms with E-state index in [2.05, 4.69) is 12.2 Å². The van der Waals surface area contributed by atoms with Gasteiger partial charge < -0.3 is 9.64 Å². The molecule has 0 aliphatic carbocycles. The summed E-state index contributed by atoms with van der Waals surface area (Å²) in [5.74, 6) is 0.105. The summed E-state index contributed by atoms with van der Waals surface area (Å²) in [6, 6.07) is 7.69. The first kappa shape index (κ1) is 14.3. The van der Waals surface area contributed by atoms with Gasteiger partial charge in [-0.2, -0.15) is 0 Å². The maximum absolute atomic E-state index is 12.1. The highest BCUT2D eigenvalue weighted by Crippen LogP contribution is 2.27. The third kappa shape index (κ3) is 3.08. The second kappa shape index (κ2) is 6.37. The van der Waals surface area contributed by atoms with Crippen molar-refractivity contribution in [3.05, 3.63) is 34.9 Å². The SMILES string of the molecule is CCC(COC)N1C(=O)CNC1c1cccc(Cl)c1. The summed E-state index contributed by atoms with van der Waals surface area (Å²) in [5.41, 5.74) is 1.01. The molecule has 0 aromatic heterocycles. The Balaban J connectivity index is 2.26. The Labute approximate surface area is 118 Å². The topological polar surface area (TPSA) is 41.6 Å². The van der Waals surface area contributed by atoms with Gasteiger partial charge in [0.1, 0.15) is 6.17 Å². The van der Waals surface area contributed by atoms with Gasteiger partial charge in [0.2, 0.25) is 5.91 Å². The van der Waals surface area contributed by atoms with Crippen LogP contribution >= 0.6 is 11.6 Å².